The minimum absolute atomic E-state index is 0.0654. The molecule has 0 unspecified atom stereocenters. The quantitative estimate of drug-likeness (QED) is 0.151. The van der Waals surface area contributed by atoms with Crippen molar-refractivity contribution in [2.24, 2.45) is 0 Å². The summed E-state index contributed by atoms with van der Waals surface area (Å²) in [6.07, 6.45) is 4.85. The Morgan fingerprint density at radius 3 is 2.08 bits per heavy atom. The molecular weight excluding hydrogens is 568 g/mol. The zero-order valence-corrected chi connectivity index (χ0v) is 23.4. The molecule has 0 heterocycles. The predicted molar refractivity (Wildman–Crippen MR) is 162 cm³/mol. The van der Waals surface area contributed by atoms with Gasteiger partial charge in [0.15, 0.2) is 5.78 Å². The highest BCUT2D eigenvalue weighted by Crippen LogP contribution is 2.17. The maximum absolute atomic E-state index is 13.3. The molecule has 0 spiro atoms. The number of benzene rings is 4. The number of anilines is 1. The first-order chi connectivity index (χ1) is 19.4. The van der Waals surface area contributed by atoms with Crippen molar-refractivity contribution in [3.8, 4) is 5.75 Å². The zero-order valence-electron chi connectivity index (χ0n) is 21.8. The second-order valence-corrected chi connectivity index (χ2v) is 9.58. The summed E-state index contributed by atoms with van der Waals surface area (Å²) in [5.74, 6) is -0.369. The van der Waals surface area contributed by atoms with Gasteiger partial charge >= 0.3 is 0 Å². The Labute approximate surface area is 241 Å². The second-order valence-electron chi connectivity index (χ2n) is 8.66. The van der Waals surface area contributed by atoms with Gasteiger partial charge in [-0.05, 0) is 90.9 Å². The highest BCUT2D eigenvalue weighted by Gasteiger charge is 2.15. The Balaban J connectivity index is 1.49. The lowest BCUT2D eigenvalue weighted by atomic mass is 10.1. The van der Waals surface area contributed by atoms with E-state index >= 15 is 0 Å². The summed E-state index contributed by atoms with van der Waals surface area (Å²) in [6.45, 7) is 2.44. The molecule has 40 heavy (non-hydrogen) atoms. The maximum Gasteiger partial charge on any atom is 0.272 e. The summed E-state index contributed by atoms with van der Waals surface area (Å²) in [6, 6.07) is 30.0. The highest BCUT2D eigenvalue weighted by atomic mass is 79.9. The number of amides is 2. The first kappa shape index (κ1) is 28.3. The SMILES string of the molecule is CCOc1ccc(/C=C(\NC(=O)c2ccccc2)C(=O)Nc2ccc(C(=O)/C=C/c3ccc(Br)cc3)cc2)cc1. The molecule has 0 saturated carbocycles. The molecule has 200 valence electrons. The normalized spacial score (nSPS) is 11.2. The molecule has 0 saturated heterocycles. The Bertz CT molecular complexity index is 1530. The van der Waals surface area contributed by atoms with Crippen molar-refractivity contribution in [2.45, 2.75) is 6.92 Å². The molecule has 4 aromatic rings. The van der Waals surface area contributed by atoms with Gasteiger partial charge < -0.3 is 15.4 Å². The summed E-state index contributed by atoms with van der Waals surface area (Å²) in [4.78, 5) is 38.7. The van der Waals surface area contributed by atoms with Gasteiger partial charge in [0.2, 0.25) is 0 Å². The largest absolute Gasteiger partial charge is 0.494 e. The smallest absolute Gasteiger partial charge is 0.272 e. The van der Waals surface area contributed by atoms with E-state index in [0.717, 1.165) is 10.0 Å². The number of hydrogen-bond acceptors (Lipinski definition) is 4. The van der Waals surface area contributed by atoms with E-state index in [2.05, 4.69) is 26.6 Å². The molecule has 7 heteroatoms. The van der Waals surface area contributed by atoms with Crippen LogP contribution < -0.4 is 15.4 Å². The van der Waals surface area contributed by atoms with Crippen LogP contribution in [0.1, 0.15) is 38.8 Å². The van der Waals surface area contributed by atoms with Gasteiger partial charge in [-0.1, -0.05) is 64.5 Å². The van der Waals surface area contributed by atoms with Crippen molar-refractivity contribution in [1.82, 2.24) is 5.32 Å². The lowest BCUT2D eigenvalue weighted by Crippen LogP contribution is -2.30. The third-order valence-electron chi connectivity index (χ3n) is 5.76. The zero-order chi connectivity index (χ0) is 28.3. The summed E-state index contributed by atoms with van der Waals surface area (Å²) >= 11 is 3.39. The van der Waals surface area contributed by atoms with Gasteiger partial charge in [0.1, 0.15) is 11.4 Å². The van der Waals surface area contributed by atoms with Gasteiger partial charge in [-0.2, -0.15) is 0 Å². The van der Waals surface area contributed by atoms with Crippen LogP contribution in [-0.2, 0) is 4.79 Å². The van der Waals surface area contributed by atoms with Crippen molar-refractivity contribution in [3.05, 3.63) is 142 Å². The number of allylic oxidation sites excluding steroid dienone is 1. The average molecular weight is 595 g/mol. The van der Waals surface area contributed by atoms with Crippen molar-refractivity contribution in [3.63, 3.8) is 0 Å². The average Bonchev–Trinajstić information content (AvgIpc) is 2.98. The van der Waals surface area contributed by atoms with Crippen molar-refractivity contribution >= 4 is 51.4 Å². The molecule has 0 atom stereocenters. The molecule has 0 bridgehead atoms. The molecular formula is C33H27BrN2O4. The number of carbonyl (C=O) groups is 3. The number of halogens is 1. The van der Waals surface area contributed by atoms with E-state index in [1.165, 1.54) is 6.08 Å². The fourth-order valence-corrected chi connectivity index (χ4v) is 3.96. The van der Waals surface area contributed by atoms with Crippen LogP contribution in [0.25, 0.3) is 12.2 Å². The molecule has 6 nitrogen and oxygen atoms in total. The lowest BCUT2D eigenvalue weighted by molar-refractivity contribution is -0.113. The van der Waals surface area contributed by atoms with Crippen LogP contribution in [0, 0.1) is 0 Å². The van der Waals surface area contributed by atoms with E-state index < -0.39 is 11.8 Å². The van der Waals surface area contributed by atoms with Crippen LogP contribution in [0.15, 0.2) is 119 Å². The molecule has 4 rings (SSSR count). The molecule has 0 aliphatic rings. The van der Waals surface area contributed by atoms with E-state index in [0.29, 0.717) is 34.7 Å². The summed E-state index contributed by atoms with van der Waals surface area (Å²) < 4.78 is 6.45. The Hall–Kier alpha value is -4.75. The molecule has 4 aromatic carbocycles. The number of hydrogen-bond donors (Lipinski definition) is 2. The summed E-state index contributed by atoms with van der Waals surface area (Å²) in [7, 11) is 0. The van der Waals surface area contributed by atoms with Gasteiger partial charge in [0.05, 0.1) is 6.61 Å². The molecule has 0 aliphatic heterocycles. The standard InChI is InChI=1S/C33H27BrN2O4/c1-2-40-29-19-10-24(11-20-29)22-30(36-32(38)26-6-4-3-5-7-26)33(39)35-28-17-13-25(14-18-28)31(37)21-12-23-8-15-27(34)16-9-23/h3-22H,2H2,1H3,(H,35,39)(H,36,38)/b21-12+,30-22-. The Kier molecular flexibility index (Phi) is 9.80. The van der Waals surface area contributed by atoms with E-state index in [4.69, 9.17) is 4.74 Å². The van der Waals surface area contributed by atoms with Crippen LogP contribution in [0.2, 0.25) is 0 Å². The van der Waals surface area contributed by atoms with Gasteiger partial charge in [-0.3, -0.25) is 14.4 Å². The third-order valence-corrected chi connectivity index (χ3v) is 6.28. The highest BCUT2D eigenvalue weighted by molar-refractivity contribution is 9.10. The van der Waals surface area contributed by atoms with E-state index in [1.54, 1.807) is 84.9 Å². The molecule has 0 aromatic heterocycles. The number of nitrogens with one attached hydrogen (secondary N) is 2. The van der Waals surface area contributed by atoms with Crippen LogP contribution in [0.5, 0.6) is 5.75 Å². The topological polar surface area (TPSA) is 84.5 Å². The minimum atomic E-state index is -0.507. The van der Waals surface area contributed by atoms with Crippen LogP contribution in [0.4, 0.5) is 5.69 Å². The first-order valence-electron chi connectivity index (χ1n) is 12.6. The van der Waals surface area contributed by atoms with Crippen LogP contribution in [0.3, 0.4) is 0 Å². The first-order valence-corrected chi connectivity index (χ1v) is 13.4. The van der Waals surface area contributed by atoms with Gasteiger partial charge in [0, 0.05) is 21.3 Å². The van der Waals surface area contributed by atoms with Crippen LogP contribution >= 0.6 is 15.9 Å². The number of ketones is 1. The minimum Gasteiger partial charge on any atom is -0.494 e. The number of rotatable bonds is 10. The summed E-state index contributed by atoms with van der Waals surface area (Å²) in [5.41, 5.74) is 3.06. The third kappa shape index (κ3) is 8.12. The van der Waals surface area contributed by atoms with E-state index in [1.807, 2.05) is 37.3 Å². The van der Waals surface area contributed by atoms with Gasteiger partial charge in [-0.15, -0.1) is 0 Å². The second kappa shape index (κ2) is 13.9. The maximum atomic E-state index is 13.3. The molecule has 0 fully saturated rings. The molecule has 0 aliphatic carbocycles. The van der Waals surface area contributed by atoms with Crippen molar-refractivity contribution < 1.29 is 19.1 Å². The fourth-order valence-electron chi connectivity index (χ4n) is 3.69. The van der Waals surface area contributed by atoms with Crippen LogP contribution in [-0.4, -0.2) is 24.2 Å². The van der Waals surface area contributed by atoms with Gasteiger partial charge in [0.25, 0.3) is 11.8 Å². The summed E-state index contributed by atoms with van der Waals surface area (Å²) in [5, 5.41) is 5.52. The van der Waals surface area contributed by atoms with E-state index in [-0.39, 0.29) is 11.5 Å². The predicted octanol–water partition coefficient (Wildman–Crippen LogP) is 7.15. The van der Waals surface area contributed by atoms with Crippen molar-refractivity contribution in [2.75, 3.05) is 11.9 Å². The number of carbonyl (C=O) groups excluding carboxylic acids is 3. The van der Waals surface area contributed by atoms with E-state index in [9.17, 15) is 14.4 Å². The fraction of sp³-hybridized carbons (Fsp3) is 0.0606. The Morgan fingerprint density at radius 2 is 1.43 bits per heavy atom. The lowest BCUT2D eigenvalue weighted by Gasteiger charge is -2.12. The monoisotopic (exact) mass is 594 g/mol. The van der Waals surface area contributed by atoms with Crippen molar-refractivity contribution in [1.29, 1.82) is 0 Å². The number of ether oxygens (including phenoxy) is 1. The molecule has 0 radical (unpaired) electrons. The van der Waals surface area contributed by atoms with Gasteiger partial charge in [-0.25, -0.2) is 0 Å². The molecule has 2 N–H and O–H groups in total. The Morgan fingerprint density at radius 1 is 0.775 bits per heavy atom. The molecule has 2 amide bonds.